The molecule has 0 unspecified atom stereocenters. The fourth-order valence-corrected chi connectivity index (χ4v) is 13.1. The maximum atomic E-state index is 14.8. The summed E-state index contributed by atoms with van der Waals surface area (Å²) in [5, 5.41) is 1.44. The second-order valence-corrected chi connectivity index (χ2v) is 26.2. The Hall–Kier alpha value is -8.52. The van der Waals surface area contributed by atoms with Gasteiger partial charge in [-0.3, -0.25) is 0 Å². The summed E-state index contributed by atoms with van der Waals surface area (Å²) >= 11 is 0. The van der Waals surface area contributed by atoms with Crippen LogP contribution in [-0.4, -0.2) is 17.6 Å². The molecule has 538 valence electrons. The first-order valence-corrected chi connectivity index (χ1v) is 31.1. The average molecular weight is 1520 g/mol. The third kappa shape index (κ3) is 16.1. The van der Waals surface area contributed by atoms with E-state index in [0.717, 1.165) is 36.4 Å². The van der Waals surface area contributed by atoms with Crippen LogP contribution >= 0.6 is 0 Å². The Balaban J connectivity index is 0.0000112. The van der Waals surface area contributed by atoms with E-state index in [1.54, 1.807) is 60.7 Å². The Morgan fingerprint density at radius 1 is 0.275 bits per heavy atom. The van der Waals surface area contributed by atoms with Gasteiger partial charge in [0.1, 0.15) is 13.1 Å². The number of benzene rings is 10. The monoisotopic (exact) mass is 1520 g/mol. The van der Waals surface area contributed by atoms with Crippen molar-refractivity contribution in [1.29, 1.82) is 0 Å². The van der Waals surface area contributed by atoms with Crippen LogP contribution in [0.2, 0.25) is 0 Å². The summed E-state index contributed by atoms with van der Waals surface area (Å²) in [6, 6.07) is 24.3. The second-order valence-electron chi connectivity index (χ2n) is 26.2. The highest BCUT2D eigenvalue weighted by Crippen LogP contribution is 2.54. The molecule has 1 nitrogen and oxygen atoms in total. The SMILES string of the molecule is CC(C)CC[N+]1(CCC(C)C)Cc2c(-c3cc(-c4cc(C(F)(F)F)cc(C(F)(F)F)c4)cc(-c4cc(C(F)(F)F)cc(C(F)(F)F)c4)c3)cc3ccccc3c2-c2c(c(-c3cc(-c4cc(C(F)(F)F)cc(C(F)(F)F)c4)cc(-c4cc(C(F)(F)F)cc(C(F)(F)F)c4)c3)cc3ccccc23)C1.[Br-]. The summed E-state index contributed by atoms with van der Waals surface area (Å²) in [5.41, 5.74) is -19.0. The molecule has 0 atom stereocenters. The van der Waals surface area contributed by atoms with Gasteiger partial charge in [-0.1, -0.05) is 76.2 Å². The summed E-state index contributed by atoms with van der Waals surface area (Å²) in [5.74, 6) is -0.217. The van der Waals surface area contributed by atoms with Crippen molar-refractivity contribution < 1.29 is 127 Å². The van der Waals surface area contributed by atoms with E-state index in [2.05, 4.69) is 0 Å². The van der Waals surface area contributed by atoms with Crippen LogP contribution in [0.25, 0.3) is 99.4 Å². The zero-order chi connectivity index (χ0) is 73.9. The third-order valence-corrected chi connectivity index (χ3v) is 18.1. The lowest BCUT2D eigenvalue weighted by molar-refractivity contribution is -0.954. The number of hydrogen-bond donors (Lipinski definition) is 0. The molecule has 1 aliphatic rings. The number of quaternary nitrogens is 1. The molecule has 0 saturated carbocycles. The van der Waals surface area contributed by atoms with Gasteiger partial charge in [0.05, 0.1) is 57.6 Å². The van der Waals surface area contributed by atoms with Crippen molar-refractivity contribution in [2.75, 3.05) is 13.1 Å². The summed E-state index contributed by atoms with van der Waals surface area (Å²) in [4.78, 5) is 0. The Kier molecular flexibility index (Phi) is 20.1. The van der Waals surface area contributed by atoms with Gasteiger partial charge in [-0.05, 0) is 234 Å². The van der Waals surface area contributed by atoms with Crippen molar-refractivity contribution in [1.82, 2.24) is 0 Å². The van der Waals surface area contributed by atoms with Crippen molar-refractivity contribution in [2.24, 2.45) is 11.8 Å². The summed E-state index contributed by atoms with van der Waals surface area (Å²) in [6.45, 7) is 7.79. The van der Waals surface area contributed by atoms with Crippen molar-refractivity contribution >= 4 is 21.5 Å². The van der Waals surface area contributed by atoms with Crippen LogP contribution in [0.15, 0.2) is 170 Å². The van der Waals surface area contributed by atoms with E-state index in [4.69, 9.17) is 0 Å². The fourth-order valence-electron chi connectivity index (χ4n) is 13.1. The van der Waals surface area contributed by atoms with Gasteiger partial charge in [0.25, 0.3) is 0 Å². The number of hydrogen-bond acceptors (Lipinski definition) is 0. The van der Waals surface area contributed by atoms with Crippen molar-refractivity contribution in [3.63, 3.8) is 0 Å². The molecule has 0 N–H and O–H groups in total. The molecule has 0 aromatic heterocycles. The quantitative estimate of drug-likeness (QED) is 0.0845. The Morgan fingerprint density at radius 2 is 0.480 bits per heavy atom. The summed E-state index contributed by atoms with van der Waals surface area (Å²) in [6.07, 6.45) is -43.0. The first-order chi connectivity index (χ1) is 46.6. The van der Waals surface area contributed by atoms with Crippen LogP contribution in [0, 0.1) is 11.8 Å². The molecule has 0 aliphatic carbocycles. The van der Waals surface area contributed by atoms with Gasteiger partial charge >= 0.3 is 49.4 Å². The molecule has 10 aromatic rings. The number of fused-ring (bicyclic) bond motifs is 7. The third-order valence-electron chi connectivity index (χ3n) is 18.1. The molecule has 0 saturated heterocycles. The smallest absolute Gasteiger partial charge is 0.416 e. The molecule has 26 heteroatoms. The van der Waals surface area contributed by atoms with Crippen molar-refractivity contribution in [3.8, 4) is 77.9 Å². The summed E-state index contributed by atoms with van der Waals surface area (Å²) < 4.78 is 355. The lowest BCUT2D eigenvalue weighted by Gasteiger charge is -2.40. The number of alkyl halides is 24. The predicted molar refractivity (Wildman–Crippen MR) is 336 cm³/mol. The van der Waals surface area contributed by atoms with Gasteiger partial charge in [0.15, 0.2) is 0 Å². The molecule has 0 radical (unpaired) electrons. The van der Waals surface area contributed by atoms with E-state index >= 15 is 0 Å². The Morgan fingerprint density at radius 3 is 0.696 bits per heavy atom. The molecule has 11 rings (SSSR count). The predicted octanol–water partition coefficient (Wildman–Crippen LogP) is 23.7. The van der Waals surface area contributed by atoms with Gasteiger partial charge in [0.2, 0.25) is 0 Å². The van der Waals surface area contributed by atoms with E-state index in [1.165, 1.54) is 0 Å². The molecule has 10 aromatic carbocycles. The minimum Gasteiger partial charge on any atom is -1.00 e. The van der Waals surface area contributed by atoms with Crippen LogP contribution in [0.5, 0.6) is 0 Å². The molecular formula is C76H54BrF24N. The molecular weight excluding hydrogens is 1460 g/mol. The lowest BCUT2D eigenvalue weighted by atomic mass is 9.81. The van der Waals surface area contributed by atoms with E-state index in [1.807, 2.05) is 27.7 Å². The zero-order valence-corrected chi connectivity index (χ0v) is 55.0. The maximum Gasteiger partial charge on any atom is 0.416 e. The molecule has 1 heterocycles. The van der Waals surface area contributed by atoms with Crippen LogP contribution in [0.1, 0.15) is 96.2 Å². The largest absolute Gasteiger partial charge is 1.00 e. The second kappa shape index (κ2) is 26.9. The number of rotatable bonds is 12. The first-order valence-electron chi connectivity index (χ1n) is 31.1. The zero-order valence-electron chi connectivity index (χ0n) is 53.5. The van der Waals surface area contributed by atoms with Gasteiger partial charge in [0, 0.05) is 22.3 Å². The minimum absolute atomic E-state index is 0. The lowest BCUT2D eigenvalue weighted by Crippen LogP contribution is -3.00. The summed E-state index contributed by atoms with van der Waals surface area (Å²) in [7, 11) is 0. The van der Waals surface area contributed by atoms with E-state index in [-0.39, 0.29) is 106 Å². The van der Waals surface area contributed by atoms with E-state index < -0.39 is 138 Å². The minimum atomic E-state index is -5.47. The maximum absolute atomic E-state index is 14.8. The van der Waals surface area contributed by atoms with Crippen LogP contribution in [0.4, 0.5) is 105 Å². The highest BCUT2D eigenvalue weighted by molar-refractivity contribution is 6.12. The highest BCUT2D eigenvalue weighted by atomic mass is 79.9. The molecule has 102 heavy (non-hydrogen) atoms. The number of nitrogens with zero attached hydrogens (tertiary/aromatic N) is 1. The molecule has 0 bridgehead atoms. The fraction of sp³-hybridized carbons (Fsp3) is 0.263. The molecule has 0 spiro atoms. The Labute approximate surface area is 577 Å². The van der Waals surface area contributed by atoms with E-state index in [0.29, 0.717) is 105 Å². The highest BCUT2D eigenvalue weighted by Gasteiger charge is 2.44. The van der Waals surface area contributed by atoms with Crippen LogP contribution in [0.3, 0.4) is 0 Å². The Bertz CT molecular complexity index is 4220. The molecule has 1 aliphatic heterocycles. The van der Waals surface area contributed by atoms with Gasteiger partial charge in [-0.25, -0.2) is 0 Å². The van der Waals surface area contributed by atoms with E-state index in [9.17, 15) is 105 Å². The van der Waals surface area contributed by atoms with Gasteiger partial charge < -0.3 is 21.5 Å². The first kappa shape index (κ1) is 76.1. The van der Waals surface area contributed by atoms with Crippen molar-refractivity contribution in [2.45, 2.75) is 103 Å². The van der Waals surface area contributed by atoms with Crippen LogP contribution in [-0.2, 0) is 62.5 Å². The topological polar surface area (TPSA) is 0 Å². The normalized spacial score (nSPS) is 14.1. The number of halogens is 25. The van der Waals surface area contributed by atoms with Gasteiger partial charge in [-0.2, -0.15) is 105 Å². The molecule has 0 amide bonds. The standard InChI is InChI=1S/C76H54F24N.BrH/c1-39(2)13-15-101(16-14-40(3)4)37-65-63(51-19-43(47-23-53(69(77,78)79)33-54(24-47)70(80,81)82)17-44(20-51)48-25-55(71(83,84)85)34-56(26-48)72(86,87)88)31-41-9-5-7-11-61(41)67(65)68-62-12-8-6-10-42(62)32-64(66(68)38-101)52-21-45(49-27-57(73(89,90)91)35-58(28-49)74(92,93)94)18-46(22-52)50-29-59(75(95,96)97)36-60(30-50)76(98,99)100;/h5-12,17-36,39-40H,13-16,37-38H2,1-4H3;1H/q+1;/p-1. The van der Waals surface area contributed by atoms with Crippen LogP contribution < -0.4 is 17.0 Å². The molecule has 0 fully saturated rings. The average Bonchev–Trinajstić information content (AvgIpc) is 1.43. The van der Waals surface area contributed by atoms with Gasteiger partial charge in [-0.15, -0.1) is 0 Å². The van der Waals surface area contributed by atoms with Crippen molar-refractivity contribution in [3.05, 3.63) is 225 Å².